The number of ketones is 1. The van der Waals surface area contributed by atoms with Crippen LogP contribution in [0.15, 0.2) is 40.1 Å². The predicted molar refractivity (Wildman–Crippen MR) is 108 cm³/mol. The molecule has 0 heterocycles. The van der Waals surface area contributed by atoms with E-state index in [1.54, 1.807) is 0 Å². The van der Waals surface area contributed by atoms with E-state index in [1.165, 1.54) is 19.3 Å². The second kappa shape index (κ2) is 13.0. The highest BCUT2D eigenvalue weighted by molar-refractivity contribution is 7.90. The number of benzene rings is 1. The van der Waals surface area contributed by atoms with E-state index in [4.69, 9.17) is 0 Å². The van der Waals surface area contributed by atoms with Crippen molar-refractivity contribution in [1.82, 2.24) is 0 Å². The first-order valence-corrected chi connectivity index (χ1v) is 11.0. The van der Waals surface area contributed by atoms with Crippen molar-refractivity contribution >= 4 is 16.6 Å². The smallest absolute Gasteiger partial charge is 0.171 e. The summed E-state index contributed by atoms with van der Waals surface area (Å²) in [4.78, 5) is 13.9. The van der Waals surface area contributed by atoms with Crippen LogP contribution in [0.3, 0.4) is 0 Å². The van der Waals surface area contributed by atoms with Gasteiger partial charge in [0.1, 0.15) is 0 Å². The maximum absolute atomic E-state index is 12.9. The summed E-state index contributed by atoms with van der Waals surface area (Å²) < 4.78 is 12.9. The minimum absolute atomic E-state index is 0.0619. The largest absolute Gasteiger partial charge is 0.294 e. The van der Waals surface area contributed by atoms with Crippen LogP contribution in [0.4, 0.5) is 0 Å². The third kappa shape index (κ3) is 8.62. The van der Waals surface area contributed by atoms with E-state index in [-0.39, 0.29) is 5.78 Å². The molecule has 0 saturated heterocycles. The Morgan fingerprint density at radius 3 is 2.16 bits per heavy atom. The molecule has 0 radical (unpaired) electrons. The van der Waals surface area contributed by atoms with E-state index in [1.807, 2.05) is 37.3 Å². The van der Waals surface area contributed by atoms with Crippen molar-refractivity contribution in [2.75, 3.05) is 0 Å². The lowest BCUT2D eigenvalue weighted by atomic mass is 10.1. The summed E-state index contributed by atoms with van der Waals surface area (Å²) in [7, 11) is -1.36. The molecule has 0 amide bonds. The molecule has 0 aromatic heterocycles. The molecule has 0 aliphatic rings. The fourth-order valence-corrected chi connectivity index (χ4v) is 3.94. The standard InChI is InChI=1S/C22H34O2S/c1-4-6-8-10-11-13-21(23)22(14-12-9-7-5-2)25(24)20-17-15-19(3)16-18-20/h14-18H,4-13H2,1-3H3/b22-14-. The lowest BCUT2D eigenvalue weighted by molar-refractivity contribution is -0.115. The first kappa shape index (κ1) is 21.8. The minimum Gasteiger partial charge on any atom is -0.294 e. The van der Waals surface area contributed by atoms with E-state index in [9.17, 15) is 9.00 Å². The molecule has 0 aliphatic heterocycles. The van der Waals surface area contributed by atoms with E-state index in [0.717, 1.165) is 49.0 Å². The Balaban J connectivity index is 2.75. The van der Waals surface area contributed by atoms with Gasteiger partial charge in [-0.15, -0.1) is 0 Å². The molecular weight excluding hydrogens is 328 g/mol. The molecule has 1 unspecified atom stereocenters. The average Bonchev–Trinajstić information content (AvgIpc) is 2.61. The van der Waals surface area contributed by atoms with Crippen molar-refractivity contribution in [2.45, 2.75) is 89.9 Å². The second-order valence-corrected chi connectivity index (χ2v) is 8.18. The summed E-state index contributed by atoms with van der Waals surface area (Å²) >= 11 is 0. The summed E-state index contributed by atoms with van der Waals surface area (Å²) in [6.07, 6.45) is 12.2. The van der Waals surface area contributed by atoms with E-state index >= 15 is 0 Å². The van der Waals surface area contributed by atoms with Crippen LogP contribution in [0.2, 0.25) is 0 Å². The van der Waals surface area contributed by atoms with Crippen LogP contribution < -0.4 is 0 Å². The highest BCUT2D eigenvalue weighted by Gasteiger charge is 2.17. The second-order valence-electron chi connectivity index (χ2n) is 6.73. The van der Waals surface area contributed by atoms with Crippen molar-refractivity contribution in [3.8, 4) is 0 Å². The van der Waals surface area contributed by atoms with Crippen LogP contribution in [0.5, 0.6) is 0 Å². The predicted octanol–water partition coefficient (Wildman–Crippen LogP) is 6.50. The van der Waals surface area contributed by atoms with Crippen molar-refractivity contribution in [2.24, 2.45) is 0 Å². The SMILES string of the molecule is CCCCC/C=C(/C(=O)CCCCCCC)S(=O)c1ccc(C)cc1. The molecule has 0 bridgehead atoms. The fraction of sp³-hybridized carbons (Fsp3) is 0.591. The number of aryl methyl sites for hydroxylation is 1. The molecule has 0 aliphatic carbocycles. The van der Waals surface area contributed by atoms with Crippen LogP contribution in [0.25, 0.3) is 0 Å². The van der Waals surface area contributed by atoms with Crippen LogP contribution in [0, 0.1) is 6.92 Å². The molecule has 3 heteroatoms. The van der Waals surface area contributed by atoms with Gasteiger partial charge in [-0.3, -0.25) is 4.79 Å². The highest BCUT2D eigenvalue weighted by atomic mass is 32.2. The lowest BCUT2D eigenvalue weighted by Gasteiger charge is -2.08. The van der Waals surface area contributed by atoms with Gasteiger partial charge in [0.05, 0.1) is 15.7 Å². The van der Waals surface area contributed by atoms with Gasteiger partial charge in [-0.1, -0.05) is 76.1 Å². The summed E-state index contributed by atoms with van der Waals surface area (Å²) in [6.45, 7) is 6.36. The fourth-order valence-electron chi connectivity index (χ4n) is 2.72. The molecule has 0 fully saturated rings. The van der Waals surface area contributed by atoms with Crippen molar-refractivity contribution in [1.29, 1.82) is 0 Å². The van der Waals surface area contributed by atoms with E-state index < -0.39 is 10.8 Å². The van der Waals surface area contributed by atoms with Gasteiger partial charge in [0.25, 0.3) is 0 Å². The molecule has 1 aromatic rings. The molecule has 0 N–H and O–H groups in total. The number of hydrogen-bond acceptors (Lipinski definition) is 2. The van der Waals surface area contributed by atoms with Gasteiger partial charge in [-0.25, -0.2) is 4.21 Å². The number of carbonyl (C=O) groups excluding carboxylic acids is 1. The third-order valence-electron chi connectivity index (χ3n) is 4.35. The number of Topliss-reactive ketones (excluding diaryl/α,β-unsaturated/α-hetero) is 1. The number of allylic oxidation sites excluding steroid dienone is 2. The first-order valence-electron chi connectivity index (χ1n) is 9.82. The number of carbonyl (C=O) groups is 1. The zero-order chi connectivity index (χ0) is 18.5. The van der Waals surface area contributed by atoms with Crippen LogP contribution in [-0.2, 0) is 15.6 Å². The first-order chi connectivity index (χ1) is 12.1. The minimum atomic E-state index is -1.36. The normalized spacial score (nSPS) is 13.0. The maximum Gasteiger partial charge on any atom is 0.171 e. The zero-order valence-electron chi connectivity index (χ0n) is 16.2. The van der Waals surface area contributed by atoms with Crippen molar-refractivity contribution in [3.63, 3.8) is 0 Å². The topological polar surface area (TPSA) is 34.1 Å². The van der Waals surface area contributed by atoms with Crippen molar-refractivity contribution < 1.29 is 9.00 Å². The van der Waals surface area contributed by atoms with Crippen molar-refractivity contribution in [3.05, 3.63) is 40.8 Å². The lowest BCUT2D eigenvalue weighted by Crippen LogP contribution is -2.09. The number of hydrogen-bond donors (Lipinski definition) is 0. The number of unbranched alkanes of at least 4 members (excludes halogenated alkanes) is 7. The Morgan fingerprint density at radius 1 is 0.920 bits per heavy atom. The van der Waals surface area contributed by atoms with Gasteiger partial charge in [0.15, 0.2) is 5.78 Å². The Hall–Kier alpha value is -1.22. The summed E-state index contributed by atoms with van der Waals surface area (Å²) in [6, 6.07) is 7.66. The van der Waals surface area contributed by atoms with Crippen LogP contribution >= 0.6 is 0 Å². The van der Waals surface area contributed by atoms with Gasteiger partial charge in [-0.05, 0) is 38.3 Å². The Kier molecular flexibility index (Phi) is 11.4. The van der Waals surface area contributed by atoms with E-state index in [0.29, 0.717) is 11.3 Å². The van der Waals surface area contributed by atoms with Gasteiger partial charge in [0, 0.05) is 11.3 Å². The highest BCUT2D eigenvalue weighted by Crippen LogP contribution is 2.20. The maximum atomic E-state index is 12.9. The summed E-state index contributed by atoms with van der Waals surface area (Å²) in [5.74, 6) is 0.0619. The molecule has 25 heavy (non-hydrogen) atoms. The molecule has 0 saturated carbocycles. The Labute approximate surface area is 156 Å². The van der Waals surface area contributed by atoms with Gasteiger partial charge < -0.3 is 0 Å². The third-order valence-corrected chi connectivity index (χ3v) is 5.85. The van der Waals surface area contributed by atoms with E-state index in [2.05, 4.69) is 13.8 Å². The Bertz CT molecular complexity index is 558. The summed E-state index contributed by atoms with van der Waals surface area (Å²) in [5, 5.41) is 0. The molecule has 1 rings (SSSR count). The molecule has 0 spiro atoms. The van der Waals surface area contributed by atoms with Gasteiger partial charge >= 0.3 is 0 Å². The number of rotatable bonds is 13. The molecule has 1 atom stereocenters. The molecule has 2 nitrogen and oxygen atoms in total. The molecule has 140 valence electrons. The quantitative estimate of drug-likeness (QED) is 0.296. The monoisotopic (exact) mass is 362 g/mol. The molecule has 1 aromatic carbocycles. The summed E-state index contributed by atoms with van der Waals surface area (Å²) in [5.41, 5.74) is 1.14. The van der Waals surface area contributed by atoms with Crippen LogP contribution in [-0.4, -0.2) is 9.99 Å². The van der Waals surface area contributed by atoms with Crippen LogP contribution in [0.1, 0.15) is 83.6 Å². The van der Waals surface area contributed by atoms with Gasteiger partial charge in [-0.2, -0.15) is 0 Å². The molecular formula is C22H34O2S. The zero-order valence-corrected chi connectivity index (χ0v) is 17.0. The average molecular weight is 363 g/mol. The van der Waals surface area contributed by atoms with Gasteiger partial charge in [0.2, 0.25) is 0 Å². The Morgan fingerprint density at radius 2 is 1.52 bits per heavy atom.